The number of rotatable bonds is 8. The number of nitrogens with one attached hydrogen (secondary N) is 3. The Labute approximate surface area is 164 Å². The maximum Gasteiger partial charge on any atom is 0.252 e. The van der Waals surface area contributed by atoms with Gasteiger partial charge in [-0.1, -0.05) is 35.9 Å². The van der Waals surface area contributed by atoms with Crippen LogP contribution in [-0.4, -0.2) is 38.0 Å². The molecule has 0 radical (unpaired) electrons. The van der Waals surface area contributed by atoms with Gasteiger partial charge in [0.05, 0.1) is 10.6 Å². The summed E-state index contributed by atoms with van der Waals surface area (Å²) in [6, 6.07) is 13.4. The van der Waals surface area contributed by atoms with E-state index in [0.29, 0.717) is 42.6 Å². The van der Waals surface area contributed by atoms with Crippen molar-refractivity contribution in [2.24, 2.45) is 4.99 Å². The molecular weight excluding hydrogens is 367 g/mol. The molecule has 0 fully saturated rings. The summed E-state index contributed by atoms with van der Waals surface area (Å²) in [7, 11) is 0. The maximum atomic E-state index is 13.2. The van der Waals surface area contributed by atoms with Crippen LogP contribution in [0.1, 0.15) is 22.8 Å². The third-order valence-corrected chi connectivity index (χ3v) is 4.05. The lowest BCUT2D eigenvalue weighted by Crippen LogP contribution is -2.41. The zero-order valence-corrected chi connectivity index (χ0v) is 16.0. The van der Waals surface area contributed by atoms with Gasteiger partial charge in [-0.15, -0.1) is 0 Å². The predicted molar refractivity (Wildman–Crippen MR) is 108 cm³/mol. The van der Waals surface area contributed by atoms with Crippen LogP contribution in [0, 0.1) is 5.82 Å². The van der Waals surface area contributed by atoms with Crippen molar-refractivity contribution in [3.63, 3.8) is 0 Å². The Morgan fingerprint density at radius 1 is 1.07 bits per heavy atom. The normalized spacial score (nSPS) is 11.1. The van der Waals surface area contributed by atoms with E-state index in [2.05, 4.69) is 20.9 Å². The van der Waals surface area contributed by atoms with Gasteiger partial charge >= 0.3 is 0 Å². The van der Waals surface area contributed by atoms with Gasteiger partial charge in [0.25, 0.3) is 5.91 Å². The summed E-state index contributed by atoms with van der Waals surface area (Å²) in [6.07, 6.45) is 0.650. The van der Waals surface area contributed by atoms with Crippen molar-refractivity contribution in [2.45, 2.75) is 13.3 Å². The van der Waals surface area contributed by atoms with Gasteiger partial charge in [0.2, 0.25) is 0 Å². The van der Waals surface area contributed by atoms with Gasteiger partial charge in [-0.25, -0.2) is 4.39 Å². The standard InChI is InChI=1S/C20H24ClFN4O/c1-2-23-20(25-11-10-15-6-5-7-16(22)14-15)26-13-12-24-19(27)17-8-3-4-9-18(17)21/h3-9,14H,2,10-13H2,1H3,(H,24,27)(H2,23,25,26). The molecule has 0 spiro atoms. The SMILES string of the molecule is CCNC(=NCCc1cccc(F)c1)NCCNC(=O)c1ccccc1Cl. The molecule has 0 saturated carbocycles. The maximum absolute atomic E-state index is 13.2. The van der Waals surface area contributed by atoms with E-state index in [-0.39, 0.29) is 11.7 Å². The Morgan fingerprint density at radius 2 is 1.85 bits per heavy atom. The molecule has 0 bridgehead atoms. The van der Waals surface area contributed by atoms with Crippen LogP contribution in [0.2, 0.25) is 5.02 Å². The second-order valence-corrected chi connectivity index (χ2v) is 6.21. The summed E-state index contributed by atoms with van der Waals surface area (Å²) in [5.41, 5.74) is 1.36. The molecule has 0 heterocycles. The van der Waals surface area contributed by atoms with Gasteiger partial charge in [0.15, 0.2) is 5.96 Å². The molecule has 5 nitrogen and oxygen atoms in total. The fourth-order valence-corrected chi connectivity index (χ4v) is 2.65. The van der Waals surface area contributed by atoms with Crippen molar-refractivity contribution in [3.05, 3.63) is 70.5 Å². The molecule has 27 heavy (non-hydrogen) atoms. The van der Waals surface area contributed by atoms with E-state index in [4.69, 9.17) is 11.6 Å². The highest BCUT2D eigenvalue weighted by molar-refractivity contribution is 6.33. The molecule has 0 aromatic heterocycles. The minimum absolute atomic E-state index is 0.213. The van der Waals surface area contributed by atoms with E-state index in [1.165, 1.54) is 12.1 Å². The zero-order valence-electron chi connectivity index (χ0n) is 15.3. The highest BCUT2D eigenvalue weighted by Gasteiger charge is 2.08. The summed E-state index contributed by atoms with van der Waals surface area (Å²) in [6.45, 7) is 4.17. The van der Waals surface area contributed by atoms with Crippen LogP contribution in [0.5, 0.6) is 0 Å². The summed E-state index contributed by atoms with van der Waals surface area (Å²) < 4.78 is 13.2. The number of guanidine groups is 1. The smallest absolute Gasteiger partial charge is 0.252 e. The van der Waals surface area contributed by atoms with Crippen molar-refractivity contribution >= 4 is 23.5 Å². The highest BCUT2D eigenvalue weighted by atomic mass is 35.5. The Bertz CT molecular complexity index is 782. The zero-order chi connectivity index (χ0) is 19.5. The Morgan fingerprint density at radius 3 is 2.59 bits per heavy atom. The van der Waals surface area contributed by atoms with Crippen molar-refractivity contribution in [1.29, 1.82) is 0 Å². The molecule has 0 unspecified atom stereocenters. The summed E-state index contributed by atoms with van der Waals surface area (Å²) in [5.74, 6) is 0.201. The van der Waals surface area contributed by atoms with Crippen LogP contribution in [0.25, 0.3) is 0 Å². The quantitative estimate of drug-likeness (QED) is 0.369. The largest absolute Gasteiger partial charge is 0.357 e. The average Bonchev–Trinajstić information content (AvgIpc) is 2.65. The van der Waals surface area contributed by atoms with Gasteiger partial charge in [0.1, 0.15) is 5.82 Å². The molecule has 2 rings (SSSR count). The van der Waals surface area contributed by atoms with Gasteiger partial charge in [-0.05, 0) is 43.2 Å². The predicted octanol–water partition coefficient (Wildman–Crippen LogP) is 3.01. The Hall–Kier alpha value is -2.60. The van der Waals surface area contributed by atoms with E-state index in [9.17, 15) is 9.18 Å². The van der Waals surface area contributed by atoms with Crippen molar-refractivity contribution in [2.75, 3.05) is 26.2 Å². The number of hydrogen-bond acceptors (Lipinski definition) is 2. The number of benzene rings is 2. The van der Waals surface area contributed by atoms with E-state index < -0.39 is 0 Å². The Kier molecular flexibility index (Phi) is 8.58. The van der Waals surface area contributed by atoms with Crippen molar-refractivity contribution in [1.82, 2.24) is 16.0 Å². The lowest BCUT2D eigenvalue weighted by Gasteiger charge is -2.12. The molecule has 0 aliphatic carbocycles. The molecule has 2 aromatic rings. The molecule has 2 aromatic carbocycles. The monoisotopic (exact) mass is 390 g/mol. The van der Waals surface area contributed by atoms with Gasteiger partial charge in [-0.3, -0.25) is 9.79 Å². The molecule has 0 saturated heterocycles. The minimum Gasteiger partial charge on any atom is -0.357 e. The Balaban J connectivity index is 1.76. The number of carbonyl (C=O) groups is 1. The van der Waals surface area contributed by atoms with Crippen LogP contribution in [-0.2, 0) is 6.42 Å². The molecule has 0 atom stereocenters. The molecule has 144 valence electrons. The number of aliphatic imine (C=N–C) groups is 1. The first-order valence-electron chi connectivity index (χ1n) is 8.89. The lowest BCUT2D eigenvalue weighted by atomic mass is 10.1. The summed E-state index contributed by atoms with van der Waals surface area (Å²) in [5, 5.41) is 9.54. The third-order valence-electron chi connectivity index (χ3n) is 3.73. The highest BCUT2D eigenvalue weighted by Crippen LogP contribution is 2.14. The van der Waals surface area contributed by atoms with E-state index in [1.807, 2.05) is 13.0 Å². The van der Waals surface area contributed by atoms with Crippen LogP contribution >= 0.6 is 11.6 Å². The van der Waals surface area contributed by atoms with Crippen LogP contribution in [0.15, 0.2) is 53.5 Å². The number of amides is 1. The van der Waals surface area contributed by atoms with Gasteiger partial charge in [-0.2, -0.15) is 0 Å². The number of nitrogens with zero attached hydrogens (tertiary/aromatic N) is 1. The first-order chi connectivity index (χ1) is 13.1. The van der Waals surface area contributed by atoms with Crippen LogP contribution in [0.4, 0.5) is 4.39 Å². The second kappa shape index (κ2) is 11.2. The van der Waals surface area contributed by atoms with Crippen LogP contribution < -0.4 is 16.0 Å². The fraction of sp³-hybridized carbons (Fsp3) is 0.300. The summed E-state index contributed by atoms with van der Waals surface area (Å²) in [4.78, 5) is 16.6. The molecular formula is C20H24ClFN4O. The molecule has 1 amide bonds. The van der Waals surface area contributed by atoms with Gasteiger partial charge in [0, 0.05) is 26.2 Å². The molecule has 0 aliphatic heterocycles. The van der Waals surface area contributed by atoms with Crippen molar-refractivity contribution < 1.29 is 9.18 Å². The van der Waals surface area contributed by atoms with Crippen LogP contribution in [0.3, 0.4) is 0 Å². The number of halogens is 2. The molecule has 7 heteroatoms. The van der Waals surface area contributed by atoms with E-state index in [1.54, 1.807) is 30.3 Å². The second-order valence-electron chi connectivity index (χ2n) is 5.80. The molecule has 0 aliphatic rings. The average molecular weight is 391 g/mol. The lowest BCUT2D eigenvalue weighted by molar-refractivity contribution is 0.0954. The number of hydrogen-bond donors (Lipinski definition) is 3. The van der Waals surface area contributed by atoms with Gasteiger partial charge < -0.3 is 16.0 Å². The van der Waals surface area contributed by atoms with E-state index >= 15 is 0 Å². The number of carbonyl (C=O) groups excluding carboxylic acids is 1. The third kappa shape index (κ3) is 7.27. The minimum atomic E-state index is -0.240. The van der Waals surface area contributed by atoms with E-state index in [0.717, 1.165) is 12.1 Å². The first kappa shape index (κ1) is 20.7. The summed E-state index contributed by atoms with van der Waals surface area (Å²) >= 11 is 6.01. The fourth-order valence-electron chi connectivity index (χ4n) is 2.43. The molecule has 3 N–H and O–H groups in total. The first-order valence-corrected chi connectivity index (χ1v) is 9.27. The topological polar surface area (TPSA) is 65.5 Å². The van der Waals surface area contributed by atoms with Crippen molar-refractivity contribution in [3.8, 4) is 0 Å².